The Balaban J connectivity index is 2.30. The molecular formula is C15H23N3O3. The number of urea groups is 1. The Morgan fingerprint density at radius 3 is 2.81 bits per heavy atom. The van der Waals surface area contributed by atoms with Gasteiger partial charge < -0.3 is 14.5 Å². The van der Waals surface area contributed by atoms with Gasteiger partial charge in [0, 0.05) is 18.0 Å². The number of carbonyl (C=O) groups excluding carboxylic acids is 1. The summed E-state index contributed by atoms with van der Waals surface area (Å²) in [5.41, 5.74) is -0.161. The number of aliphatic hydroxyl groups is 1. The largest absolute Gasteiger partial charge is 0.371 e. The third kappa shape index (κ3) is 2.55. The van der Waals surface area contributed by atoms with Crippen molar-refractivity contribution in [3.05, 3.63) is 24.5 Å². The zero-order chi connectivity index (χ0) is 15.8. The van der Waals surface area contributed by atoms with Gasteiger partial charge in [-0.25, -0.2) is 9.69 Å². The van der Waals surface area contributed by atoms with Gasteiger partial charge in [-0.1, -0.05) is 32.0 Å². The molecule has 2 heterocycles. The van der Waals surface area contributed by atoms with Crippen LogP contribution in [-0.2, 0) is 5.41 Å². The SMILES string of the molecule is C=CCN1C(=O)N(c2cc(C(C)(C)CC)on2)C(O)C1C. The minimum absolute atomic E-state index is 0.161. The average molecular weight is 293 g/mol. The van der Waals surface area contributed by atoms with Crippen LogP contribution >= 0.6 is 0 Å². The molecule has 116 valence electrons. The molecule has 6 heteroatoms. The fourth-order valence-corrected chi connectivity index (χ4v) is 2.29. The van der Waals surface area contributed by atoms with Crippen molar-refractivity contribution in [1.29, 1.82) is 0 Å². The predicted octanol–water partition coefficient (Wildman–Crippen LogP) is 2.50. The lowest BCUT2D eigenvalue weighted by Crippen LogP contribution is -2.35. The second kappa shape index (κ2) is 5.52. The molecule has 1 aromatic heterocycles. The Hall–Kier alpha value is -1.82. The zero-order valence-corrected chi connectivity index (χ0v) is 13.0. The van der Waals surface area contributed by atoms with E-state index in [4.69, 9.17) is 4.52 Å². The van der Waals surface area contributed by atoms with Gasteiger partial charge in [0.1, 0.15) is 5.76 Å². The van der Waals surface area contributed by atoms with Crippen molar-refractivity contribution in [2.24, 2.45) is 0 Å². The fraction of sp³-hybridized carbons (Fsp3) is 0.600. The molecule has 2 rings (SSSR count). The number of nitrogens with zero attached hydrogens (tertiary/aromatic N) is 3. The molecule has 2 amide bonds. The third-order valence-corrected chi connectivity index (χ3v) is 4.26. The predicted molar refractivity (Wildman–Crippen MR) is 80.1 cm³/mol. The van der Waals surface area contributed by atoms with Crippen molar-refractivity contribution in [2.75, 3.05) is 11.4 Å². The van der Waals surface area contributed by atoms with E-state index in [1.807, 2.05) is 13.8 Å². The van der Waals surface area contributed by atoms with Crippen molar-refractivity contribution in [3.8, 4) is 0 Å². The van der Waals surface area contributed by atoms with Crippen LogP contribution in [0.15, 0.2) is 23.2 Å². The third-order valence-electron chi connectivity index (χ3n) is 4.26. The van der Waals surface area contributed by atoms with Gasteiger partial charge in [0.05, 0.1) is 6.04 Å². The minimum atomic E-state index is -0.944. The summed E-state index contributed by atoms with van der Waals surface area (Å²) in [6, 6.07) is 1.12. The van der Waals surface area contributed by atoms with Crippen LogP contribution in [0.4, 0.5) is 10.6 Å². The Morgan fingerprint density at radius 2 is 2.24 bits per heavy atom. The Morgan fingerprint density at radius 1 is 1.57 bits per heavy atom. The lowest BCUT2D eigenvalue weighted by atomic mass is 9.87. The number of aliphatic hydroxyl groups excluding tert-OH is 1. The molecule has 0 aliphatic carbocycles. The van der Waals surface area contributed by atoms with Crippen molar-refractivity contribution >= 4 is 11.8 Å². The van der Waals surface area contributed by atoms with E-state index in [9.17, 15) is 9.90 Å². The molecule has 1 aromatic rings. The molecule has 1 fully saturated rings. The van der Waals surface area contributed by atoms with Crippen LogP contribution in [0.2, 0.25) is 0 Å². The van der Waals surface area contributed by atoms with Crippen molar-refractivity contribution in [1.82, 2.24) is 10.1 Å². The quantitative estimate of drug-likeness (QED) is 0.847. The zero-order valence-electron chi connectivity index (χ0n) is 13.0. The first-order chi connectivity index (χ1) is 9.83. The van der Waals surface area contributed by atoms with Crippen LogP contribution in [-0.4, -0.2) is 40.0 Å². The molecule has 0 saturated carbocycles. The maximum absolute atomic E-state index is 12.4. The number of hydrogen-bond donors (Lipinski definition) is 1. The van der Waals surface area contributed by atoms with Gasteiger partial charge in [-0.2, -0.15) is 0 Å². The second-order valence-corrected chi connectivity index (χ2v) is 6.03. The van der Waals surface area contributed by atoms with Gasteiger partial charge in [-0.05, 0) is 13.3 Å². The summed E-state index contributed by atoms with van der Waals surface area (Å²) in [7, 11) is 0. The normalized spacial score (nSPS) is 23.0. The monoisotopic (exact) mass is 293 g/mol. The summed E-state index contributed by atoms with van der Waals surface area (Å²) in [5.74, 6) is 1.05. The van der Waals surface area contributed by atoms with Crippen LogP contribution in [0.25, 0.3) is 0 Å². The molecule has 0 bridgehead atoms. The summed E-state index contributed by atoms with van der Waals surface area (Å²) < 4.78 is 5.37. The van der Waals surface area contributed by atoms with Crippen LogP contribution in [0, 0.1) is 0 Å². The van der Waals surface area contributed by atoms with Crippen LogP contribution in [0.3, 0.4) is 0 Å². The summed E-state index contributed by atoms with van der Waals surface area (Å²) >= 11 is 0. The van der Waals surface area contributed by atoms with Gasteiger partial charge in [0.2, 0.25) is 0 Å². The first-order valence-electron chi connectivity index (χ1n) is 7.19. The van der Waals surface area contributed by atoms with Gasteiger partial charge in [-0.3, -0.25) is 0 Å². The molecule has 0 radical (unpaired) electrons. The van der Waals surface area contributed by atoms with Crippen LogP contribution in [0.1, 0.15) is 39.9 Å². The number of aromatic nitrogens is 1. The molecule has 1 aliphatic rings. The van der Waals surface area contributed by atoms with Crippen LogP contribution in [0.5, 0.6) is 0 Å². The fourth-order valence-electron chi connectivity index (χ4n) is 2.29. The minimum Gasteiger partial charge on any atom is -0.371 e. The standard InChI is InChI=1S/C15H23N3O3/c1-6-8-17-10(3)13(19)18(14(17)20)12-9-11(21-16-12)15(4,5)7-2/h6,9-10,13,19H,1,7-8H2,2-5H3. The molecule has 0 spiro atoms. The van der Waals surface area contributed by atoms with Gasteiger partial charge >= 0.3 is 6.03 Å². The van der Waals surface area contributed by atoms with E-state index >= 15 is 0 Å². The molecular weight excluding hydrogens is 270 g/mol. The molecule has 6 nitrogen and oxygen atoms in total. The Kier molecular flexibility index (Phi) is 4.09. The van der Waals surface area contributed by atoms with E-state index in [1.165, 1.54) is 4.90 Å². The first kappa shape index (κ1) is 15.6. The van der Waals surface area contributed by atoms with E-state index in [2.05, 4.69) is 18.7 Å². The molecule has 21 heavy (non-hydrogen) atoms. The molecule has 0 aromatic carbocycles. The van der Waals surface area contributed by atoms with Gasteiger partial charge in [-0.15, -0.1) is 6.58 Å². The molecule has 1 saturated heterocycles. The lowest BCUT2D eigenvalue weighted by molar-refractivity contribution is 0.132. The van der Waals surface area contributed by atoms with E-state index < -0.39 is 6.23 Å². The highest BCUT2D eigenvalue weighted by atomic mass is 16.5. The Labute approximate surface area is 125 Å². The molecule has 2 unspecified atom stereocenters. The maximum Gasteiger partial charge on any atom is 0.328 e. The first-order valence-corrected chi connectivity index (χ1v) is 7.19. The molecule has 2 atom stereocenters. The van der Waals surface area contributed by atoms with E-state index in [1.54, 1.807) is 24.0 Å². The number of rotatable bonds is 5. The number of anilines is 1. The van der Waals surface area contributed by atoms with E-state index in [0.717, 1.165) is 6.42 Å². The Bertz CT molecular complexity index is 538. The highest BCUT2D eigenvalue weighted by molar-refractivity contribution is 5.94. The number of amides is 2. The summed E-state index contributed by atoms with van der Waals surface area (Å²) in [6.07, 6.45) is 1.58. The summed E-state index contributed by atoms with van der Waals surface area (Å²) in [4.78, 5) is 15.2. The van der Waals surface area contributed by atoms with E-state index in [-0.39, 0.29) is 17.5 Å². The van der Waals surface area contributed by atoms with E-state index in [0.29, 0.717) is 18.1 Å². The lowest BCUT2D eigenvalue weighted by Gasteiger charge is -2.18. The van der Waals surface area contributed by atoms with Crippen LogP contribution < -0.4 is 4.90 Å². The average Bonchev–Trinajstić information content (AvgIpc) is 3.00. The highest BCUT2D eigenvalue weighted by Crippen LogP contribution is 2.32. The number of carbonyl (C=O) groups is 1. The maximum atomic E-state index is 12.4. The van der Waals surface area contributed by atoms with Crippen molar-refractivity contribution in [2.45, 2.75) is 51.8 Å². The highest BCUT2D eigenvalue weighted by Gasteiger charge is 2.44. The van der Waals surface area contributed by atoms with Gasteiger partial charge in [0.15, 0.2) is 12.0 Å². The summed E-state index contributed by atoms with van der Waals surface area (Å²) in [6.45, 7) is 12.0. The molecule has 1 aliphatic heterocycles. The smallest absolute Gasteiger partial charge is 0.328 e. The van der Waals surface area contributed by atoms with Crippen molar-refractivity contribution < 1.29 is 14.4 Å². The van der Waals surface area contributed by atoms with Crippen molar-refractivity contribution in [3.63, 3.8) is 0 Å². The van der Waals surface area contributed by atoms with Gasteiger partial charge in [0.25, 0.3) is 0 Å². The summed E-state index contributed by atoms with van der Waals surface area (Å²) in [5, 5.41) is 14.3. The molecule has 1 N–H and O–H groups in total. The second-order valence-electron chi connectivity index (χ2n) is 6.03. The topological polar surface area (TPSA) is 69.8 Å². The number of hydrogen-bond acceptors (Lipinski definition) is 4.